The molecule has 0 saturated carbocycles. The van der Waals surface area contributed by atoms with Crippen LogP contribution in [0.1, 0.15) is 23.0 Å². The third-order valence-electron chi connectivity index (χ3n) is 4.07. The van der Waals surface area contributed by atoms with Gasteiger partial charge in [-0.25, -0.2) is 18.4 Å². The summed E-state index contributed by atoms with van der Waals surface area (Å²) in [7, 11) is -3.75. The molecule has 0 bridgehead atoms. The summed E-state index contributed by atoms with van der Waals surface area (Å²) < 4.78 is 44.3. The Morgan fingerprint density at radius 1 is 1.07 bits per heavy atom. The zero-order chi connectivity index (χ0) is 20.9. The number of rotatable bonds is 9. The zero-order valence-electron chi connectivity index (χ0n) is 15.8. The summed E-state index contributed by atoms with van der Waals surface area (Å²) in [6.45, 7) is 2.69. The Morgan fingerprint density at radius 3 is 2.48 bits per heavy atom. The SMILES string of the molecule is CCOCc1c(C(=O)OCCOc2ccc(S(N)(=O)=O)cc2)oc2ccccc12. The number of fused-ring (bicyclic) bond motifs is 1. The normalized spacial score (nSPS) is 11.5. The van der Waals surface area contributed by atoms with Crippen LogP contribution >= 0.6 is 0 Å². The van der Waals surface area contributed by atoms with E-state index in [0.717, 1.165) is 5.39 Å². The third kappa shape index (κ3) is 5.14. The number of hydrogen-bond acceptors (Lipinski definition) is 7. The van der Waals surface area contributed by atoms with E-state index in [1.54, 1.807) is 6.07 Å². The van der Waals surface area contributed by atoms with Gasteiger partial charge in [-0.2, -0.15) is 0 Å². The van der Waals surface area contributed by atoms with Crippen molar-refractivity contribution in [3.8, 4) is 5.75 Å². The van der Waals surface area contributed by atoms with E-state index >= 15 is 0 Å². The Morgan fingerprint density at radius 2 is 1.79 bits per heavy atom. The van der Waals surface area contributed by atoms with E-state index < -0.39 is 16.0 Å². The molecule has 29 heavy (non-hydrogen) atoms. The lowest BCUT2D eigenvalue weighted by Gasteiger charge is -2.08. The molecule has 0 spiro atoms. The molecular weight excluding hydrogens is 398 g/mol. The van der Waals surface area contributed by atoms with Gasteiger partial charge in [-0.15, -0.1) is 0 Å². The van der Waals surface area contributed by atoms with Gasteiger partial charge in [-0.05, 0) is 37.3 Å². The van der Waals surface area contributed by atoms with E-state index in [4.69, 9.17) is 23.8 Å². The minimum absolute atomic E-state index is 0.0111. The highest BCUT2D eigenvalue weighted by atomic mass is 32.2. The first-order valence-corrected chi connectivity index (χ1v) is 10.5. The van der Waals surface area contributed by atoms with Crippen LogP contribution in [0.15, 0.2) is 57.8 Å². The van der Waals surface area contributed by atoms with Gasteiger partial charge < -0.3 is 18.6 Å². The van der Waals surface area contributed by atoms with Crippen molar-refractivity contribution < 1.29 is 31.8 Å². The Bertz CT molecular complexity index is 1090. The van der Waals surface area contributed by atoms with Crippen LogP contribution in [0.25, 0.3) is 11.0 Å². The highest BCUT2D eigenvalue weighted by molar-refractivity contribution is 7.89. The summed E-state index contributed by atoms with van der Waals surface area (Å²) in [6, 6.07) is 12.9. The van der Waals surface area contributed by atoms with Gasteiger partial charge in [0.2, 0.25) is 15.8 Å². The Labute approximate surface area is 168 Å². The molecule has 3 rings (SSSR count). The number of nitrogens with two attached hydrogens (primary N) is 1. The molecule has 154 valence electrons. The van der Waals surface area contributed by atoms with Crippen molar-refractivity contribution in [3.63, 3.8) is 0 Å². The zero-order valence-corrected chi connectivity index (χ0v) is 16.6. The topological polar surface area (TPSA) is 118 Å². The van der Waals surface area contributed by atoms with Crippen LogP contribution in [0.4, 0.5) is 0 Å². The Hall–Kier alpha value is -2.88. The largest absolute Gasteiger partial charge is 0.490 e. The minimum atomic E-state index is -3.75. The average molecular weight is 419 g/mol. The molecule has 9 heteroatoms. The molecule has 8 nitrogen and oxygen atoms in total. The van der Waals surface area contributed by atoms with Crippen molar-refractivity contribution in [2.45, 2.75) is 18.4 Å². The number of hydrogen-bond donors (Lipinski definition) is 1. The van der Waals surface area contributed by atoms with Crippen LogP contribution in [0.5, 0.6) is 5.75 Å². The van der Waals surface area contributed by atoms with Crippen LogP contribution in [0.3, 0.4) is 0 Å². The molecule has 3 aromatic rings. The van der Waals surface area contributed by atoms with E-state index in [2.05, 4.69) is 0 Å². The molecule has 0 aliphatic carbocycles. The predicted molar refractivity (Wildman–Crippen MR) is 105 cm³/mol. The minimum Gasteiger partial charge on any atom is -0.490 e. The van der Waals surface area contributed by atoms with Crippen molar-refractivity contribution in [1.29, 1.82) is 0 Å². The third-order valence-corrected chi connectivity index (χ3v) is 5.00. The number of furan rings is 1. The first-order chi connectivity index (χ1) is 13.9. The molecule has 0 atom stereocenters. The van der Waals surface area contributed by atoms with Gasteiger partial charge in [0.25, 0.3) is 0 Å². The maximum absolute atomic E-state index is 12.5. The second-order valence-electron chi connectivity index (χ2n) is 6.04. The first kappa shape index (κ1) is 20.8. The van der Waals surface area contributed by atoms with Crippen molar-refractivity contribution in [2.24, 2.45) is 5.14 Å². The lowest BCUT2D eigenvalue weighted by molar-refractivity contribution is 0.0409. The van der Waals surface area contributed by atoms with Crippen LogP contribution in [0.2, 0.25) is 0 Å². The van der Waals surface area contributed by atoms with Gasteiger partial charge in [0.05, 0.1) is 11.5 Å². The number of ether oxygens (including phenoxy) is 3. The van der Waals surface area contributed by atoms with Gasteiger partial charge >= 0.3 is 5.97 Å². The predicted octanol–water partition coefficient (Wildman–Crippen LogP) is 2.85. The maximum Gasteiger partial charge on any atom is 0.374 e. The molecule has 0 radical (unpaired) electrons. The van der Waals surface area contributed by atoms with Gasteiger partial charge in [-0.1, -0.05) is 18.2 Å². The second kappa shape index (κ2) is 9.08. The molecule has 1 aromatic heterocycles. The molecule has 1 heterocycles. The fourth-order valence-electron chi connectivity index (χ4n) is 2.70. The van der Waals surface area contributed by atoms with Gasteiger partial charge in [0.15, 0.2) is 0 Å². The molecule has 0 fully saturated rings. The molecular formula is C20H21NO7S. The quantitative estimate of drug-likeness (QED) is 0.418. The van der Waals surface area contributed by atoms with Gasteiger partial charge in [0.1, 0.15) is 24.5 Å². The molecule has 0 saturated heterocycles. The van der Waals surface area contributed by atoms with E-state index in [-0.39, 0.29) is 30.5 Å². The van der Waals surface area contributed by atoms with E-state index in [9.17, 15) is 13.2 Å². The maximum atomic E-state index is 12.5. The van der Waals surface area contributed by atoms with Crippen LogP contribution < -0.4 is 9.88 Å². The van der Waals surface area contributed by atoms with E-state index in [1.165, 1.54) is 24.3 Å². The molecule has 0 aliphatic rings. The summed E-state index contributed by atoms with van der Waals surface area (Å²) in [5.41, 5.74) is 1.23. The van der Waals surface area contributed by atoms with Crippen molar-refractivity contribution >= 4 is 27.0 Å². The molecule has 2 aromatic carbocycles. The highest BCUT2D eigenvalue weighted by Crippen LogP contribution is 2.27. The van der Waals surface area contributed by atoms with E-state index in [0.29, 0.717) is 23.5 Å². The van der Waals surface area contributed by atoms with Crippen molar-refractivity contribution in [2.75, 3.05) is 19.8 Å². The number of para-hydroxylation sites is 1. The molecule has 0 unspecified atom stereocenters. The number of sulfonamides is 1. The Balaban J connectivity index is 1.59. The molecule has 0 aliphatic heterocycles. The first-order valence-electron chi connectivity index (χ1n) is 8.91. The standard InChI is InChI=1S/C20H21NO7S/c1-2-25-13-17-16-5-3-4-6-18(16)28-19(17)20(22)27-12-11-26-14-7-9-15(10-8-14)29(21,23)24/h3-10H,2,11-13H2,1H3,(H2,21,23,24). The summed E-state index contributed by atoms with van der Waals surface area (Å²) in [6.07, 6.45) is 0. The smallest absolute Gasteiger partial charge is 0.374 e. The number of benzene rings is 2. The lowest BCUT2D eigenvalue weighted by Crippen LogP contribution is -2.14. The summed E-state index contributed by atoms with van der Waals surface area (Å²) in [5, 5.41) is 5.85. The summed E-state index contributed by atoms with van der Waals surface area (Å²) in [4.78, 5) is 12.4. The van der Waals surface area contributed by atoms with Gasteiger partial charge in [-0.3, -0.25) is 0 Å². The van der Waals surface area contributed by atoms with Crippen LogP contribution in [-0.2, 0) is 26.1 Å². The monoisotopic (exact) mass is 419 g/mol. The fraction of sp³-hybridized carbons (Fsp3) is 0.250. The van der Waals surface area contributed by atoms with Crippen LogP contribution in [0, 0.1) is 0 Å². The Kier molecular flexibility index (Phi) is 6.53. The highest BCUT2D eigenvalue weighted by Gasteiger charge is 2.21. The van der Waals surface area contributed by atoms with Crippen molar-refractivity contribution in [3.05, 3.63) is 59.9 Å². The number of carbonyl (C=O) groups excluding carboxylic acids is 1. The second-order valence-corrected chi connectivity index (χ2v) is 7.61. The van der Waals surface area contributed by atoms with E-state index in [1.807, 2.05) is 25.1 Å². The average Bonchev–Trinajstić information content (AvgIpc) is 3.08. The van der Waals surface area contributed by atoms with Gasteiger partial charge in [0, 0.05) is 17.6 Å². The summed E-state index contributed by atoms with van der Waals surface area (Å²) in [5.74, 6) is -0.0737. The van der Waals surface area contributed by atoms with Crippen LogP contribution in [-0.4, -0.2) is 34.2 Å². The molecule has 0 amide bonds. The molecule has 2 N–H and O–H groups in total. The number of carbonyl (C=O) groups is 1. The lowest BCUT2D eigenvalue weighted by atomic mass is 10.1. The fourth-order valence-corrected chi connectivity index (χ4v) is 3.21. The van der Waals surface area contributed by atoms with Crippen molar-refractivity contribution in [1.82, 2.24) is 0 Å². The number of esters is 1. The summed E-state index contributed by atoms with van der Waals surface area (Å²) >= 11 is 0. The number of primary sulfonamides is 1.